The van der Waals surface area contributed by atoms with Crippen LogP contribution in [0, 0.1) is 5.92 Å². The molecule has 122 valence electrons. The predicted molar refractivity (Wildman–Crippen MR) is 83.8 cm³/mol. The molecular formula is C15H30N4O2. The molecule has 0 aromatic heterocycles. The van der Waals surface area contributed by atoms with Gasteiger partial charge in [0.05, 0.1) is 12.5 Å². The summed E-state index contributed by atoms with van der Waals surface area (Å²) in [7, 11) is 0. The van der Waals surface area contributed by atoms with Crippen molar-refractivity contribution in [3.63, 3.8) is 0 Å². The normalized spacial score (nSPS) is 18.8. The van der Waals surface area contributed by atoms with Crippen LogP contribution in [0.2, 0.25) is 0 Å². The topological polar surface area (TPSA) is 69.9 Å². The molecule has 1 heterocycles. The van der Waals surface area contributed by atoms with Crippen molar-refractivity contribution >= 4 is 11.8 Å². The fourth-order valence-electron chi connectivity index (χ4n) is 2.43. The molecule has 1 saturated heterocycles. The maximum absolute atomic E-state index is 12.2. The Morgan fingerprint density at radius 2 is 1.52 bits per heavy atom. The Labute approximate surface area is 128 Å². The van der Waals surface area contributed by atoms with Gasteiger partial charge in [-0.05, 0) is 20.0 Å². The molecular weight excluding hydrogens is 268 g/mol. The minimum Gasteiger partial charge on any atom is -0.339 e. The lowest BCUT2D eigenvalue weighted by Gasteiger charge is -2.37. The number of amides is 2. The summed E-state index contributed by atoms with van der Waals surface area (Å²) in [6, 6.07) is -0.139. The van der Waals surface area contributed by atoms with Gasteiger partial charge in [-0.15, -0.1) is 0 Å². The van der Waals surface area contributed by atoms with E-state index in [0.29, 0.717) is 32.7 Å². The van der Waals surface area contributed by atoms with Gasteiger partial charge in [-0.2, -0.15) is 0 Å². The second-order valence-electron chi connectivity index (χ2n) is 5.82. The lowest BCUT2D eigenvalue weighted by molar-refractivity contribution is -0.142. The fraction of sp³-hybridized carbons (Fsp3) is 0.867. The number of hydrogen-bond donors (Lipinski definition) is 1. The Hall–Kier alpha value is -1.14. The zero-order chi connectivity index (χ0) is 16.0. The average Bonchev–Trinajstić information content (AvgIpc) is 2.50. The molecule has 1 rings (SSSR count). The highest BCUT2D eigenvalue weighted by atomic mass is 16.2. The summed E-state index contributed by atoms with van der Waals surface area (Å²) in [4.78, 5) is 30.2. The second kappa shape index (κ2) is 8.34. The molecule has 0 aromatic rings. The Balaban J connectivity index is 2.45. The second-order valence-corrected chi connectivity index (χ2v) is 5.82. The highest BCUT2D eigenvalue weighted by Gasteiger charge is 2.28. The molecule has 0 saturated carbocycles. The maximum atomic E-state index is 12.2. The van der Waals surface area contributed by atoms with Gasteiger partial charge in [0, 0.05) is 32.2 Å². The smallest absolute Gasteiger partial charge is 0.236 e. The van der Waals surface area contributed by atoms with Gasteiger partial charge < -0.3 is 15.5 Å². The van der Waals surface area contributed by atoms with Crippen LogP contribution in [-0.4, -0.2) is 78.4 Å². The first kappa shape index (κ1) is 17.9. The number of piperazine rings is 1. The summed E-state index contributed by atoms with van der Waals surface area (Å²) in [5.74, 6) is 0.0924. The number of likely N-dealkylation sites (N-methyl/N-ethyl adjacent to an activating group) is 1. The first-order valence-electron chi connectivity index (χ1n) is 7.95. The van der Waals surface area contributed by atoms with Crippen molar-refractivity contribution in [1.82, 2.24) is 14.7 Å². The lowest BCUT2D eigenvalue weighted by atomic mass is 10.0. The number of nitrogens with zero attached hydrogens (tertiary/aromatic N) is 3. The van der Waals surface area contributed by atoms with Crippen LogP contribution in [0.4, 0.5) is 0 Å². The molecule has 1 aliphatic heterocycles. The molecule has 0 radical (unpaired) electrons. The van der Waals surface area contributed by atoms with E-state index in [0.717, 1.165) is 13.1 Å². The van der Waals surface area contributed by atoms with Gasteiger partial charge in [0.2, 0.25) is 11.8 Å². The number of carbonyl (C=O) groups is 2. The van der Waals surface area contributed by atoms with Gasteiger partial charge in [0.15, 0.2) is 0 Å². The Morgan fingerprint density at radius 3 is 1.95 bits per heavy atom. The van der Waals surface area contributed by atoms with E-state index in [9.17, 15) is 9.59 Å². The number of rotatable bonds is 6. The van der Waals surface area contributed by atoms with Crippen molar-refractivity contribution in [3.8, 4) is 0 Å². The zero-order valence-corrected chi connectivity index (χ0v) is 13.8. The van der Waals surface area contributed by atoms with E-state index >= 15 is 0 Å². The molecule has 0 spiro atoms. The molecule has 1 fully saturated rings. The van der Waals surface area contributed by atoms with Crippen LogP contribution < -0.4 is 5.73 Å². The summed E-state index contributed by atoms with van der Waals surface area (Å²) in [5.41, 5.74) is 5.79. The zero-order valence-electron chi connectivity index (χ0n) is 13.8. The molecule has 2 atom stereocenters. The van der Waals surface area contributed by atoms with Gasteiger partial charge in [0.1, 0.15) is 0 Å². The Morgan fingerprint density at radius 1 is 1.05 bits per heavy atom. The van der Waals surface area contributed by atoms with E-state index < -0.39 is 0 Å². The van der Waals surface area contributed by atoms with Crippen LogP contribution >= 0.6 is 0 Å². The summed E-state index contributed by atoms with van der Waals surface area (Å²) in [5, 5.41) is 0. The van der Waals surface area contributed by atoms with E-state index in [2.05, 4.69) is 18.7 Å². The third kappa shape index (κ3) is 4.97. The summed E-state index contributed by atoms with van der Waals surface area (Å²) < 4.78 is 0. The third-order valence-corrected chi connectivity index (χ3v) is 4.38. The highest BCUT2D eigenvalue weighted by molar-refractivity contribution is 5.81. The van der Waals surface area contributed by atoms with Gasteiger partial charge in [-0.1, -0.05) is 20.8 Å². The molecule has 0 aliphatic carbocycles. The van der Waals surface area contributed by atoms with Gasteiger partial charge in [-0.3, -0.25) is 14.5 Å². The van der Waals surface area contributed by atoms with E-state index in [-0.39, 0.29) is 23.8 Å². The van der Waals surface area contributed by atoms with Crippen molar-refractivity contribution in [2.45, 2.75) is 33.7 Å². The number of nitrogens with two attached hydrogens (primary N) is 1. The van der Waals surface area contributed by atoms with Crippen molar-refractivity contribution in [2.75, 3.05) is 45.8 Å². The van der Waals surface area contributed by atoms with E-state index in [1.54, 1.807) is 0 Å². The Kier molecular flexibility index (Phi) is 7.11. The fourth-order valence-corrected chi connectivity index (χ4v) is 2.43. The lowest BCUT2D eigenvalue weighted by Crippen LogP contribution is -2.54. The molecule has 0 aromatic carbocycles. The van der Waals surface area contributed by atoms with Crippen LogP contribution in [0.15, 0.2) is 0 Å². The highest BCUT2D eigenvalue weighted by Crippen LogP contribution is 2.10. The van der Waals surface area contributed by atoms with Crippen LogP contribution in [0.3, 0.4) is 0 Å². The SMILES string of the molecule is CCN(CC)CC(=O)N1CCN(C(=O)C(C)C(C)N)CC1. The Bertz CT molecular complexity index is 348. The molecule has 0 bridgehead atoms. The van der Waals surface area contributed by atoms with Crippen molar-refractivity contribution < 1.29 is 9.59 Å². The summed E-state index contributed by atoms with van der Waals surface area (Å²) in [6.07, 6.45) is 0. The van der Waals surface area contributed by atoms with Gasteiger partial charge in [-0.25, -0.2) is 0 Å². The van der Waals surface area contributed by atoms with Crippen LogP contribution in [0.5, 0.6) is 0 Å². The molecule has 21 heavy (non-hydrogen) atoms. The van der Waals surface area contributed by atoms with E-state index in [1.807, 2.05) is 23.6 Å². The molecule has 6 heteroatoms. The molecule has 2 unspecified atom stereocenters. The maximum Gasteiger partial charge on any atom is 0.236 e. The molecule has 2 amide bonds. The minimum absolute atomic E-state index is 0.0980. The predicted octanol–water partition coefficient (Wildman–Crippen LogP) is -0.0177. The minimum atomic E-state index is -0.164. The van der Waals surface area contributed by atoms with Crippen LogP contribution in [0.25, 0.3) is 0 Å². The molecule has 2 N–H and O–H groups in total. The largest absolute Gasteiger partial charge is 0.339 e. The molecule has 1 aliphatic rings. The number of carbonyl (C=O) groups excluding carboxylic acids is 2. The van der Waals surface area contributed by atoms with Crippen molar-refractivity contribution in [3.05, 3.63) is 0 Å². The first-order valence-corrected chi connectivity index (χ1v) is 7.95. The average molecular weight is 298 g/mol. The van der Waals surface area contributed by atoms with Gasteiger partial charge >= 0.3 is 0 Å². The summed E-state index contributed by atoms with van der Waals surface area (Å²) >= 11 is 0. The number of hydrogen-bond acceptors (Lipinski definition) is 4. The molecule has 6 nitrogen and oxygen atoms in total. The van der Waals surface area contributed by atoms with E-state index in [1.165, 1.54) is 0 Å². The van der Waals surface area contributed by atoms with Crippen LogP contribution in [0.1, 0.15) is 27.7 Å². The monoisotopic (exact) mass is 298 g/mol. The van der Waals surface area contributed by atoms with Crippen molar-refractivity contribution in [1.29, 1.82) is 0 Å². The first-order chi connectivity index (χ1) is 9.90. The van der Waals surface area contributed by atoms with E-state index in [4.69, 9.17) is 5.73 Å². The third-order valence-electron chi connectivity index (χ3n) is 4.38. The van der Waals surface area contributed by atoms with Gasteiger partial charge in [0.25, 0.3) is 0 Å². The quantitative estimate of drug-likeness (QED) is 0.748. The summed E-state index contributed by atoms with van der Waals surface area (Å²) in [6.45, 7) is 12.5. The van der Waals surface area contributed by atoms with Crippen LogP contribution in [-0.2, 0) is 9.59 Å². The van der Waals surface area contributed by atoms with Crippen molar-refractivity contribution in [2.24, 2.45) is 11.7 Å². The standard InChI is InChI=1S/C15H30N4O2/c1-5-17(6-2)11-14(20)18-7-9-19(10-8-18)15(21)12(3)13(4)16/h12-13H,5-11,16H2,1-4H3.